The second-order valence-electron chi connectivity index (χ2n) is 5.59. The SMILES string of the molecule is COc1cccc(NC(=O)CN2c3ccccc3C[C@H]2C)c1. The number of ether oxygens (including phenoxy) is 1. The van der Waals surface area contributed by atoms with E-state index in [0.717, 1.165) is 23.5 Å². The Morgan fingerprint density at radius 1 is 1.27 bits per heavy atom. The van der Waals surface area contributed by atoms with Crippen molar-refractivity contribution in [2.45, 2.75) is 19.4 Å². The van der Waals surface area contributed by atoms with Crippen molar-refractivity contribution in [2.24, 2.45) is 0 Å². The quantitative estimate of drug-likeness (QED) is 0.942. The molecule has 2 aromatic rings. The number of nitrogens with zero attached hydrogens (tertiary/aromatic N) is 1. The molecule has 1 atom stereocenters. The van der Waals surface area contributed by atoms with Gasteiger partial charge in [0.25, 0.3) is 0 Å². The number of amides is 1. The van der Waals surface area contributed by atoms with Crippen molar-refractivity contribution < 1.29 is 9.53 Å². The Bertz CT molecular complexity index is 684. The van der Waals surface area contributed by atoms with Crippen LogP contribution in [0.5, 0.6) is 5.75 Å². The summed E-state index contributed by atoms with van der Waals surface area (Å²) in [5.74, 6) is 0.717. The summed E-state index contributed by atoms with van der Waals surface area (Å²) in [5, 5.41) is 2.93. The van der Waals surface area contributed by atoms with Gasteiger partial charge in [-0.25, -0.2) is 0 Å². The zero-order chi connectivity index (χ0) is 15.5. The summed E-state index contributed by atoms with van der Waals surface area (Å²) >= 11 is 0. The molecule has 0 fully saturated rings. The highest BCUT2D eigenvalue weighted by Crippen LogP contribution is 2.31. The van der Waals surface area contributed by atoms with Gasteiger partial charge in [-0.3, -0.25) is 4.79 Å². The number of methoxy groups -OCH3 is 1. The van der Waals surface area contributed by atoms with Crippen LogP contribution in [0.4, 0.5) is 11.4 Å². The molecule has 0 radical (unpaired) electrons. The van der Waals surface area contributed by atoms with Crippen molar-refractivity contribution in [3.8, 4) is 5.75 Å². The number of nitrogens with one attached hydrogen (secondary N) is 1. The first-order valence-electron chi connectivity index (χ1n) is 7.46. The number of fused-ring (bicyclic) bond motifs is 1. The number of carbonyl (C=O) groups excluding carboxylic acids is 1. The van der Waals surface area contributed by atoms with E-state index in [2.05, 4.69) is 29.3 Å². The summed E-state index contributed by atoms with van der Waals surface area (Å²) in [6.45, 7) is 2.51. The van der Waals surface area contributed by atoms with E-state index in [4.69, 9.17) is 4.74 Å². The molecule has 0 unspecified atom stereocenters. The lowest BCUT2D eigenvalue weighted by molar-refractivity contribution is -0.115. The van der Waals surface area contributed by atoms with Gasteiger partial charge in [0.2, 0.25) is 5.91 Å². The Morgan fingerprint density at radius 3 is 2.91 bits per heavy atom. The van der Waals surface area contributed by atoms with Crippen LogP contribution in [-0.4, -0.2) is 25.6 Å². The van der Waals surface area contributed by atoms with Gasteiger partial charge in [0.1, 0.15) is 5.75 Å². The second-order valence-corrected chi connectivity index (χ2v) is 5.59. The average molecular weight is 296 g/mol. The molecule has 1 N–H and O–H groups in total. The highest BCUT2D eigenvalue weighted by atomic mass is 16.5. The molecule has 114 valence electrons. The Labute approximate surface area is 130 Å². The van der Waals surface area contributed by atoms with Crippen molar-refractivity contribution in [1.29, 1.82) is 0 Å². The maximum Gasteiger partial charge on any atom is 0.243 e. The summed E-state index contributed by atoms with van der Waals surface area (Å²) in [4.78, 5) is 14.5. The van der Waals surface area contributed by atoms with Gasteiger partial charge < -0.3 is 15.0 Å². The Hall–Kier alpha value is -2.49. The van der Waals surface area contributed by atoms with E-state index in [9.17, 15) is 4.79 Å². The number of hydrogen-bond acceptors (Lipinski definition) is 3. The summed E-state index contributed by atoms with van der Waals surface area (Å²) in [7, 11) is 1.61. The zero-order valence-electron chi connectivity index (χ0n) is 12.9. The van der Waals surface area contributed by atoms with Crippen LogP contribution in [0.15, 0.2) is 48.5 Å². The molecule has 3 rings (SSSR count). The Kier molecular flexibility index (Phi) is 4.00. The minimum atomic E-state index is -0.0168. The van der Waals surface area contributed by atoms with Crippen molar-refractivity contribution in [3.63, 3.8) is 0 Å². The third kappa shape index (κ3) is 2.91. The maximum atomic E-state index is 12.3. The van der Waals surface area contributed by atoms with Gasteiger partial charge in [0.15, 0.2) is 0 Å². The first-order chi connectivity index (χ1) is 10.7. The van der Waals surface area contributed by atoms with E-state index in [-0.39, 0.29) is 5.91 Å². The number of benzene rings is 2. The van der Waals surface area contributed by atoms with Crippen LogP contribution in [0.2, 0.25) is 0 Å². The zero-order valence-corrected chi connectivity index (χ0v) is 12.9. The minimum absolute atomic E-state index is 0.0168. The number of hydrogen-bond donors (Lipinski definition) is 1. The molecule has 1 aliphatic heterocycles. The van der Waals surface area contributed by atoms with E-state index in [0.29, 0.717) is 12.6 Å². The molecule has 1 amide bonds. The van der Waals surface area contributed by atoms with Crippen molar-refractivity contribution in [3.05, 3.63) is 54.1 Å². The van der Waals surface area contributed by atoms with E-state index in [1.54, 1.807) is 7.11 Å². The first-order valence-corrected chi connectivity index (χ1v) is 7.46. The molecule has 4 heteroatoms. The van der Waals surface area contributed by atoms with E-state index in [1.807, 2.05) is 36.4 Å². The van der Waals surface area contributed by atoms with Crippen molar-refractivity contribution >= 4 is 17.3 Å². The van der Waals surface area contributed by atoms with Gasteiger partial charge in [-0.1, -0.05) is 24.3 Å². The van der Waals surface area contributed by atoms with Gasteiger partial charge in [0.05, 0.1) is 13.7 Å². The average Bonchev–Trinajstić information content (AvgIpc) is 2.83. The maximum absolute atomic E-state index is 12.3. The molecule has 0 saturated carbocycles. The number of para-hydroxylation sites is 1. The van der Waals surface area contributed by atoms with Gasteiger partial charge in [-0.05, 0) is 37.1 Å². The standard InChI is InChI=1S/C18H20N2O2/c1-13-10-14-6-3-4-9-17(14)20(13)12-18(21)19-15-7-5-8-16(11-15)22-2/h3-9,11,13H,10,12H2,1-2H3,(H,19,21)/t13-/m1/s1. The third-order valence-corrected chi connectivity index (χ3v) is 4.02. The summed E-state index contributed by atoms with van der Waals surface area (Å²) in [6, 6.07) is 16.0. The summed E-state index contributed by atoms with van der Waals surface area (Å²) in [5.41, 5.74) is 3.23. The van der Waals surface area contributed by atoms with Crippen LogP contribution in [0.25, 0.3) is 0 Å². The lowest BCUT2D eigenvalue weighted by Gasteiger charge is -2.24. The summed E-state index contributed by atoms with van der Waals surface area (Å²) < 4.78 is 5.17. The van der Waals surface area contributed by atoms with Crippen molar-refractivity contribution in [2.75, 3.05) is 23.9 Å². The van der Waals surface area contributed by atoms with Crippen LogP contribution in [0.1, 0.15) is 12.5 Å². The fourth-order valence-corrected chi connectivity index (χ4v) is 2.93. The molecule has 0 bridgehead atoms. The van der Waals surface area contributed by atoms with E-state index >= 15 is 0 Å². The molecule has 4 nitrogen and oxygen atoms in total. The highest BCUT2D eigenvalue weighted by molar-refractivity contribution is 5.94. The van der Waals surface area contributed by atoms with Crippen LogP contribution in [-0.2, 0) is 11.2 Å². The van der Waals surface area contributed by atoms with Gasteiger partial charge in [-0.15, -0.1) is 0 Å². The fraction of sp³-hybridized carbons (Fsp3) is 0.278. The Balaban J connectivity index is 1.69. The van der Waals surface area contributed by atoms with E-state index < -0.39 is 0 Å². The molecular formula is C18H20N2O2. The van der Waals surface area contributed by atoms with Crippen LogP contribution in [0, 0.1) is 0 Å². The third-order valence-electron chi connectivity index (χ3n) is 4.02. The molecule has 0 aliphatic carbocycles. The van der Waals surface area contributed by atoms with Crippen molar-refractivity contribution in [1.82, 2.24) is 0 Å². The highest BCUT2D eigenvalue weighted by Gasteiger charge is 2.26. The number of carbonyl (C=O) groups is 1. The number of anilines is 2. The molecule has 2 aromatic carbocycles. The largest absolute Gasteiger partial charge is 0.497 e. The van der Waals surface area contributed by atoms with Gasteiger partial charge >= 0.3 is 0 Å². The molecule has 0 aromatic heterocycles. The lowest BCUT2D eigenvalue weighted by atomic mass is 10.1. The second kappa shape index (κ2) is 6.10. The molecule has 1 aliphatic rings. The lowest BCUT2D eigenvalue weighted by Crippen LogP contribution is -2.37. The first kappa shape index (κ1) is 14.4. The normalized spacial score (nSPS) is 16.3. The van der Waals surface area contributed by atoms with Crippen LogP contribution >= 0.6 is 0 Å². The number of rotatable bonds is 4. The smallest absolute Gasteiger partial charge is 0.243 e. The minimum Gasteiger partial charge on any atom is -0.497 e. The molecule has 1 heterocycles. The fourth-order valence-electron chi connectivity index (χ4n) is 2.93. The topological polar surface area (TPSA) is 41.6 Å². The molecule has 0 saturated heterocycles. The predicted octanol–water partition coefficient (Wildman–Crippen LogP) is 3.08. The van der Waals surface area contributed by atoms with Crippen LogP contribution in [0.3, 0.4) is 0 Å². The molecule has 0 spiro atoms. The molecule has 22 heavy (non-hydrogen) atoms. The predicted molar refractivity (Wildman–Crippen MR) is 88.6 cm³/mol. The van der Waals surface area contributed by atoms with Crippen LogP contribution < -0.4 is 15.0 Å². The monoisotopic (exact) mass is 296 g/mol. The summed E-state index contributed by atoms with van der Waals surface area (Å²) in [6.07, 6.45) is 0.989. The van der Waals surface area contributed by atoms with Gasteiger partial charge in [0, 0.05) is 23.5 Å². The van der Waals surface area contributed by atoms with Gasteiger partial charge in [-0.2, -0.15) is 0 Å². The van der Waals surface area contributed by atoms with E-state index in [1.165, 1.54) is 5.56 Å². The molecular weight excluding hydrogens is 276 g/mol. The Morgan fingerprint density at radius 2 is 2.09 bits per heavy atom.